The maximum atomic E-state index is 12.5. The third-order valence-corrected chi connectivity index (χ3v) is 6.81. The Balaban J connectivity index is 2.29. The molecule has 156 valence electrons. The number of aromatic nitrogens is 2. The molecule has 2 N–H and O–H groups in total. The van der Waals surface area contributed by atoms with Gasteiger partial charge in [-0.15, -0.1) is 0 Å². The molecule has 0 fully saturated rings. The normalized spacial score (nSPS) is 12.4. The van der Waals surface area contributed by atoms with Gasteiger partial charge in [0.15, 0.2) is 0 Å². The minimum absolute atomic E-state index is 0.0354. The summed E-state index contributed by atoms with van der Waals surface area (Å²) in [5.74, 6) is 0. The van der Waals surface area contributed by atoms with Gasteiger partial charge in [-0.3, -0.25) is 0 Å². The molecule has 10 nitrogen and oxygen atoms in total. The molecule has 1 heterocycles. The maximum absolute atomic E-state index is 12.5. The van der Waals surface area contributed by atoms with Gasteiger partial charge in [-0.1, -0.05) is 6.07 Å². The summed E-state index contributed by atoms with van der Waals surface area (Å²) in [5, 5.41) is 4.04. The van der Waals surface area contributed by atoms with E-state index in [1.54, 1.807) is 19.1 Å². The van der Waals surface area contributed by atoms with Crippen molar-refractivity contribution in [3.8, 4) is 5.69 Å². The van der Waals surface area contributed by atoms with Gasteiger partial charge in [-0.05, 0) is 24.6 Å². The van der Waals surface area contributed by atoms with E-state index in [0.717, 1.165) is 0 Å². The average Bonchev–Trinajstić information content (AvgIpc) is 3.13. The summed E-state index contributed by atoms with van der Waals surface area (Å²) in [4.78, 5) is 0.0473. The molecular formula is C16H24N4O6S2. The number of ether oxygens (including phenoxy) is 2. The fourth-order valence-electron chi connectivity index (χ4n) is 2.32. The zero-order valence-electron chi connectivity index (χ0n) is 15.9. The van der Waals surface area contributed by atoms with E-state index >= 15 is 0 Å². The van der Waals surface area contributed by atoms with Gasteiger partial charge < -0.3 is 9.47 Å². The van der Waals surface area contributed by atoms with E-state index in [-0.39, 0.29) is 36.1 Å². The van der Waals surface area contributed by atoms with Crippen molar-refractivity contribution >= 4 is 20.0 Å². The first-order valence-corrected chi connectivity index (χ1v) is 11.3. The molecule has 0 radical (unpaired) electrons. The molecule has 2 rings (SSSR count). The van der Waals surface area contributed by atoms with Gasteiger partial charge in [-0.2, -0.15) is 5.10 Å². The van der Waals surface area contributed by atoms with Gasteiger partial charge in [-0.25, -0.2) is 31.0 Å². The van der Waals surface area contributed by atoms with E-state index in [4.69, 9.17) is 9.47 Å². The number of hydrogen-bond donors (Lipinski definition) is 2. The summed E-state index contributed by atoms with van der Waals surface area (Å²) in [6.45, 7) is 2.42. The largest absolute Gasteiger partial charge is 0.383 e. The Hall–Kier alpha value is -1.83. The van der Waals surface area contributed by atoms with E-state index in [0.29, 0.717) is 11.3 Å². The highest BCUT2D eigenvalue weighted by Crippen LogP contribution is 2.20. The van der Waals surface area contributed by atoms with Crippen LogP contribution in [0.15, 0.2) is 40.4 Å². The first-order valence-electron chi connectivity index (χ1n) is 8.34. The summed E-state index contributed by atoms with van der Waals surface area (Å²) in [6.07, 6.45) is 2.51. The van der Waals surface area contributed by atoms with Gasteiger partial charge in [0.25, 0.3) is 0 Å². The highest BCUT2D eigenvalue weighted by molar-refractivity contribution is 7.89. The summed E-state index contributed by atoms with van der Waals surface area (Å²) in [7, 11) is -4.53. The van der Waals surface area contributed by atoms with Crippen molar-refractivity contribution in [3.05, 3.63) is 36.2 Å². The number of hydrogen-bond acceptors (Lipinski definition) is 7. The van der Waals surface area contributed by atoms with Crippen molar-refractivity contribution in [2.45, 2.75) is 16.7 Å². The van der Waals surface area contributed by atoms with E-state index in [1.165, 1.54) is 37.4 Å². The van der Waals surface area contributed by atoms with E-state index < -0.39 is 20.0 Å². The molecule has 1 aromatic heterocycles. The van der Waals surface area contributed by atoms with Crippen LogP contribution in [0.1, 0.15) is 5.56 Å². The number of benzene rings is 1. The van der Waals surface area contributed by atoms with Crippen LogP contribution in [-0.2, 0) is 29.5 Å². The van der Waals surface area contributed by atoms with Crippen LogP contribution in [0.4, 0.5) is 0 Å². The summed E-state index contributed by atoms with van der Waals surface area (Å²) < 4.78 is 65.3. The Labute approximate surface area is 164 Å². The first kappa shape index (κ1) is 22.5. The van der Waals surface area contributed by atoms with Crippen LogP contribution < -0.4 is 9.44 Å². The Morgan fingerprint density at radius 3 is 2.21 bits per heavy atom. The maximum Gasteiger partial charge on any atom is 0.243 e. The van der Waals surface area contributed by atoms with Crippen LogP contribution in [0.25, 0.3) is 5.69 Å². The molecular weight excluding hydrogens is 408 g/mol. The van der Waals surface area contributed by atoms with Crippen molar-refractivity contribution in [2.75, 3.05) is 40.5 Å². The molecule has 0 amide bonds. The summed E-state index contributed by atoms with van der Waals surface area (Å²) >= 11 is 0. The summed E-state index contributed by atoms with van der Waals surface area (Å²) in [5.41, 5.74) is 0.964. The van der Waals surface area contributed by atoms with Crippen LogP contribution in [0.5, 0.6) is 0 Å². The number of rotatable bonds is 11. The van der Waals surface area contributed by atoms with E-state index in [2.05, 4.69) is 14.5 Å². The molecule has 0 saturated heterocycles. The van der Waals surface area contributed by atoms with E-state index in [9.17, 15) is 16.8 Å². The molecule has 0 saturated carbocycles. The molecule has 0 aliphatic rings. The average molecular weight is 433 g/mol. The molecule has 0 spiro atoms. The second-order valence-corrected chi connectivity index (χ2v) is 9.35. The minimum atomic E-state index is -3.75. The standard InChI is InChI=1S/C16H24N4O6S2/c1-13-4-5-14(10-16(13)28(23,24)19-7-9-26-3)20-12-15(11-17-20)27(21,22)18-6-8-25-2/h4-5,10-12,18-19H,6-9H2,1-3H3. The highest BCUT2D eigenvalue weighted by atomic mass is 32.2. The highest BCUT2D eigenvalue weighted by Gasteiger charge is 2.19. The number of nitrogens with one attached hydrogen (secondary N) is 2. The van der Waals surface area contributed by atoms with Crippen molar-refractivity contribution in [2.24, 2.45) is 0 Å². The lowest BCUT2D eigenvalue weighted by Gasteiger charge is -2.11. The minimum Gasteiger partial charge on any atom is -0.383 e. The number of aryl methyl sites for hydroxylation is 1. The van der Waals surface area contributed by atoms with E-state index in [1.807, 2.05) is 0 Å². The molecule has 2 aromatic rings. The smallest absolute Gasteiger partial charge is 0.243 e. The number of nitrogens with zero attached hydrogens (tertiary/aromatic N) is 2. The van der Waals surface area contributed by atoms with Gasteiger partial charge in [0.05, 0.1) is 36.2 Å². The molecule has 0 atom stereocenters. The zero-order chi connectivity index (χ0) is 20.8. The van der Waals surface area contributed by atoms with Gasteiger partial charge >= 0.3 is 0 Å². The molecule has 0 aliphatic heterocycles. The first-order chi connectivity index (χ1) is 13.2. The van der Waals surface area contributed by atoms with Crippen molar-refractivity contribution in [3.63, 3.8) is 0 Å². The molecule has 12 heteroatoms. The number of methoxy groups -OCH3 is 2. The fourth-order valence-corrected chi connectivity index (χ4v) is 4.54. The van der Waals surface area contributed by atoms with Gasteiger partial charge in [0, 0.05) is 27.3 Å². The van der Waals surface area contributed by atoms with Crippen LogP contribution in [0.3, 0.4) is 0 Å². The summed E-state index contributed by atoms with van der Waals surface area (Å²) in [6, 6.07) is 4.73. The Bertz CT molecular complexity index is 1000. The lowest BCUT2D eigenvalue weighted by atomic mass is 10.2. The Morgan fingerprint density at radius 2 is 1.61 bits per heavy atom. The lowest BCUT2D eigenvalue weighted by molar-refractivity contribution is 0.204. The van der Waals surface area contributed by atoms with Gasteiger partial charge in [0.2, 0.25) is 20.0 Å². The molecule has 0 aliphatic carbocycles. The van der Waals surface area contributed by atoms with Crippen molar-refractivity contribution in [1.29, 1.82) is 0 Å². The van der Waals surface area contributed by atoms with Crippen molar-refractivity contribution in [1.82, 2.24) is 19.2 Å². The lowest BCUT2D eigenvalue weighted by Crippen LogP contribution is -2.28. The van der Waals surface area contributed by atoms with Crippen molar-refractivity contribution < 1.29 is 26.3 Å². The topological polar surface area (TPSA) is 129 Å². The SMILES string of the molecule is COCCNS(=O)(=O)c1cnn(-c2ccc(C)c(S(=O)(=O)NCCOC)c2)c1. The Kier molecular flexibility index (Phi) is 7.69. The predicted octanol–water partition coefficient (Wildman–Crippen LogP) is 0.0301. The zero-order valence-corrected chi connectivity index (χ0v) is 17.5. The van der Waals surface area contributed by atoms with Crippen LogP contribution in [0, 0.1) is 6.92 Å². The third kappa shape index (κ3) is 5.59. The second-order valence-electron chi connectivity index (χ2n) is 5.85. The molecule has 0 bridgehead atoms. The molecule has 1 aromatic carbocycles. The second kappa shape index (κ2) is 9.58. The third-order valence-electron chi connectivity index (χ3n) is 3.79. The Morgan fingerprint density at radius 1 is 1.00 bits per heavy atom. The number of sulfonamides is 2. The van der Waals surface area contributed by atoms with Crippen LogP contribution >= 0.6 is 0 Å². The molecule has 0 unspecified atom stereocenters. The quantitative estimate of drug-likeness (QED) is 0.479. The fraction of sp³-hybridized carbons (Fsp3) is 0.438. The van der Waals surface area contributed by atoms with Crippen LogP contribution in [0.2, 0.25) is 0 Å². The van der Waals surface area contributed by atoms with Crippen LogP contribution in [-0.4, -0.2) is 67.1 Å². The van der Waals surface area contributed by atoms with Gasteiger partial charge in [0.1, 0.15) is 4.90 Å². The predicted molar refractivity (Wildman–Crippen MR) is 102 cm³/mol. The molecule has 28 heavy (non-hydrogen) atoms. The monoisotopic (exact) mass is 432 g/mol.